The fourth-order valence-corrected chi connectivity index (χ4v) is 2.08. The topological polar surface area (TPSA) is 29.5 Å². The number of rotatable bonds is 3. The van der Waals surface area contributed by atoms with Crippen LogP contribution in [0.3, 0.4) is 0 Å². The Balaban J connectivity index is 2.25. The molecule has 2 nitrogen and oxygen atoms in total. The molecule has 0 amide bonds. The molecule has 0 saturated heterocycles. The number of hydrogen-bond acceptors (Lipinski definition) is 2. The van der Waals surface area contributed by atoms with Crippen LogP contribution in [-0.4, -0.2) is 5.11 Å². The molecule has 2 rings (SSSR count). The summed E-state index contributed by atoms with van der Waals surface area (Å²) < 4.78 is 5.75. The molecule has 0 aliphatic heterocycles. The molecule has 18 heavy (non-hydrogen) atoms. The Morgan fingerprint density at radius 1 is 1.00 bits per heavy atom. The summed E-state index contributed by atoms with van der Waals surface area (Å²) in [6.07, 6.45) is 0. The van der Waals surface area contributed by atoms with Crippen molar-refractivity contribution in [1.82, 2.24) is 0 Å². The van der Waals surface area contributed by atoms with Gasteiger partial charge >= 0.3 is 0 Å². The molecule has 1 N–H and O–H groups in total. The fourth-order valence-electron chi connectivity index (χ4n) is 1.85. The van der Waals surface area contributed by atoms with Crippen LogP contribution in [0, 0.1) is 13.8 Å². The Hall–Kier alpha value is -1.51. The largest absolute Gasteiger partial charge is 0.457 e. The van der Waals surface area contributed by atoms with Crippen LogP contribution in [0.2, 0.25) is 5.02 Å². The lowest BCUT2D eigenvalue weighted by Gasteiger charge is -2.09. The van der Waals surface area contributed by atoms with Crippen molar-refractivity contribution < 1.29 is 9.84 Å². The molecule has 2 aromatic rings. The molecule has 0 radical (unpaired) electrons. The highest BCUT2D eigenvalue weighted by molar-refractivity contribution is 6.31. The lowest BCUT2D eigenvalue weighted by Crippen LogP contribution is -1.89. The molecule has 0 fully saturated rings. The number of hydrogen-bond donors (Lipinski definition) is 1. The van der Waals surface area contributed by atoms with Gasteiger partial charge < -0.3 is 9.84 Å². The highest BCUT2D eigenvalue weighted by Gasteiger charge is 2.03. The van der Waals surface area contributed by atoms with E-state index >= 15 is 0 Å². The second-order valence-corrected chi connectivity index (χ2v) is 4.74. The van der Waals surface area contributed by atoms with Crippen molar-refractivity contribution in [2.75, 3.05) is 0 Å². The third-order valence-corrected chi connectivity index (χ3v) is 2.98. The lowest BCUT2D eigenvalue weighted by atomic mass is 10.1. The van der Waals surface area contributed by atoms with Crippen LogP contribution in [0.1, 0.15) is 16.7 Å². The zero-order valence-electron chi connectivity index (χ0n) is 10.4. The first-order chi connectivity index (χ1) is 8.58. The van der Waals surface area contributed by atoms with E-state index in [1.54, 1.807) is 18.2 Å². The summed E-state index contributed by atoms with van der Waals surface area (Å²) in [5.74, 6) is 1.46. The summed E-state index contributed by atoms with van der Waals surface area (Å²) in [4.78, 5) is 0. The number of halogens is 1. The molecule has 94 valence electrons. The minimum Gasteiger partial charge on any atom is -0.457 e. The van der Waals surface area contributed by atoms with Crippen molar-refractivity contribution in [2.24, 2.45) is 0 Å². The second kappa shape index (κ2) is 5.42. The van der Waals surface area contributed by atoms with Crippen molar-refractivity contribution in [3.8, 4) is 11.5 Å². The molecule has 2 aromatic carbocycles. The summed E-state index contributed by atoms with van der Waals surface area (Å²) >= 11 is 6.02. The zero-order chi connectivity index (χ0) is 13.1. The van der Waals surface area contributed by atoms with Gasteiger partial charge in [-0.3, -0.25) is 0 Å². The predicted octanol–water partition coefficient (Wildman–Crippen LogP) is 4.24. The Kier molecular flexibility index (Phi) is 3.90. The molecule has 0 heterocycles. The molecule has 0 saturated carbocycles. The van der Waals surface area contributed by atoms with E-state index in [1.807, 2.05) is 26.0 Å². The van der Waals surface area contributed by atoms with Crippen molar-refractivity contribution >= 4 is 11.6 Å². The first-order valence-corrected chi connectivity index (χ1v) is 6.12. The maximum absolute atomic E-state index is 9.05. The molecule has 3 heteroatoms. The molecular weight excluding hydrogens is 248 g/mol. The van der Waals surface area contributed by atoms with Crippen LogP contribution in [0.25, 0.3) is 0 Å². The van der Waals surface area contributed by atoms with E-state index in [2.05, 4.69) is 6.07 Å². The molecule has 0 aliphatic carbocycles. The first-order valence-electron chi connectivity index (χ1n) is 5.74. The third-order valence-electron chi connectivity index (χ3n) is 2.63. The van der Waals surface area contributed by atoms with Gasteiger partial charge in [-0.05, 0) is 54.8 Å². The molecular formula is C15H15ClO2. The molecule has 0 aromatic heterocycles. The lowest BCUT2D eigenvalue weighted by molar-refractivity contribution is 0.282. The van der Waals surface area contributed by atoms with Crippen LogP contribution in [0.5, 0.6) is 11.5 Å². The number of ether oxygens (including phenoxy) is 1. The van der Waals surface area contributed by atoms with E-state index in [4.69, 9.17) is 21.4 Å². The second-order valence-electron chi connectivity index (χ2n) is 4.34. The molecule has 0 bridgehead atoms. The van der Waals surface area contributed by atoms with Crippen LogP contribution < -0.4 is 4.74 Å². The molecule has 0 unspecified atom stereocenters. The average molecular weight is 263 g/mol. The Labute approximate surface area is 112 Å². The van der Waals surface area contributed by atoms with Crippen molar-refractivity contribution in [3.05, 3.63) is 58.1 Å². The van der Waals surface area contributed by atoms with Gasteiger partial charge in [-0.1, -0.05) is 23.7 Å². The van der Waals surface area contributed by atoms with Crippen LogP contribution in [-0.2, 0) is 6.61 Å². The molecule has 0 atom stereocenters. The SMILES string of the molecule is Cc1cc(C)cc(Oc2ccc(CO)c(Cl)c2)c1. The van der Waals surface area contributed by atoms with Gasteiger partial charge in [0.1, 0.15) is 11.5 Å². The van der Waals surface area contributed by atoms with Gasteiger partial charge in [0, 0.05) is 5.02 Å². The summed E-state index contributed by atoms with van der Waals surface area (Å²) in [6.45, 7) is 3.99. The molecule has 0 aliphatic rings. The summed E-state index contributed by atoms with van der Waals surface area (Å²) in [6, 6.07) is 11.3. The maximum atomic E-state index is 9.05. The highest BCUT2D eigenvalue weighted by atomic mass is 35.5. The number of aryl methyl sites for hydroxylation is 2. The van der Waals surface area contributed by atoms with E-state index in [9.17, 15) is 0 Å². The normalized spacial score (nSPS) is 10.4. The predicted molar refractivity (Wildman–Crippen MR) is 73.4 cm³/mol. The summed E-state index contributed by atoms with van der Waals surface area (Å²) in [5.41, 5.74) is 3.01. The summed E-state index contributed by atoms with van der Waals surface area (Å²) in [5, 5.41) is 9.56. The van der Waals surface area contributed by atoms with Crippen LogP contribution in [0.15, 0.2) is 36.4 Å². The summed E-state index contributed by atoms with van der Waals surface area (Å²) in [7, 11) is 0. The van der Waals surface area contributed by atoms with Gasteiger partial charge in [-0.25, -0.2) is 0 Å². The Bertz CT molecular complexity index is 544. The zero-order valence-corrected chi connectivity index (χ0v) is 11.2. The van der Waals surface area contributed by atoms with Gasteiger partial charge in [0.05, 0.1) is 6.61 Å². The van der Waals surface area contributed by atoms with Gasteiger partial charge in [-0.2, -0.15) is 0 Å². The minimum absolute atomic E-state index is 0.0668. The van der Waals surface area contributed by atoms with Gasteiger partial charge in [0.15, 0.2) is 0 Å². The monoisotopic (exact) mass is 262 g/mol. The van der Waals surface area contributed by atoms with Crippen molar-refractivity contribution in [3.63, 3.8) is 0 Å². The van der Waals surface area contributed by atoms with E-state index < -0.39 is 0 Å². The third kappa shape index (κ3) is 3.03. The fraction of sp³-hybridized carbons (Fsp3) is 0.200. The maximum Gasteiger partial charge on any atom is 0.128 e. The van der Waals surface area contributed by atoms with Crippen molar-refractivity contribution in [1.29, 1.82) is 0 Å². The van der Waals surface area contributed by atoms with Crippen LogP contribution in [0.4, 0.5) is 0 Å². The van der Waals surface area contributed by atoms with Gasteiger partial charge in [-0.15, -0.1) is 0 Å². The molecule has 0 spiro atoms. The van der Waals surface area contributed by atoms with Gasteiger partial charge in [0.25, 0.3) is 0 Å². The van der Waals surface area contributed by atoms with E-state index in [0.29, 0.717) is 16.3 Å². The quantitative estimate of drug-likeness (QED) is 0.896. The minimum atomic E-state index is -0.0668. The smallest absolute Gasteiger partial charge is 0.128 e. The number of benzene rings is 2. The average Bonchev–Trinajstić information content (AvgIpc) is 2.27. The van der Waals surface area contributed by atoms with Crippen molar-refractivity contribution in [2.45, 2.75) is 20.5 Å². The van der Waals surface area contributed by atoms with E-state index in [1.165, 1.54) is 0 Å². The number of aliphatic hydroxyl groups excluding tert-OH is 1. The van der Waals surface area contributed by atoms with E-state index in [-0.39, 0.29) is 6.61 Å². The van der Waals surface area contributed by atoms with Gasteiger partial charge in [0.2, 0.25) is 0 Å². The standard InChI is InChI=1S/C15H15ClO2/c1-10-5-11(2)7-14(6-10)18-13-4-3-12(9-17)15(16)8-13/h3-8,17H,9H2,1-2H3. The van der Waals surface area contributed by atoms with Crippen LogP contribution >= 0.6 is 11.6 Å². The Morgan fingerprint density at radius 3 is 2.22 bits per heavy atom. The first kappa shape index (κ1) is 12.9. The van der Waals surface area contributed by atoms with E-state index in [0.717, 1.165) is 16.9 Å². The highest BCUT2D eigenvalue weighted by Crippen LogP contribution is 2.28. The number of aliphatic hydroxyl groups is 1. The Morgan fingerprint density at radius 2 is 1.67 bits per heavy atom.